The third-order valence-corrected chi connectivity index (χ3v) is 5.69. The third-order valence-electron chi connectivity index (χ3n) is 4.01. The van der Waals surface area contributed by atoms with Crippen LogP contribution in [-0.2, 0) is 22.0 Å². The van der Waals surface area contributed by atoms with E-state index in [1.807, 2.05) is 55.5 Å². The predicted octanol–water partition coefficient (Wildman–Crippen LogP) is 2.79. The van der Waals surface area contributed by atoms with Gasteiger partial charge in [0.1, 0.15) is 0 Å². The van der Waals surface area contributed by atoms with Crippen LogP contribution >= 0.6 is 0 Å². The van der Waals surface area contributed by atoms with E-state index in [4.69, 9.17) is 0 Å². The molecule has 0 unspecified atom stereocenters. The van der Waals surface area contributed by atoms with Crippen LogP contribution in [0.15, 0.2) is 65.7 Å². The Bertz CT molecular complexity index is 791. The Hall–Kier alpha value is -2.34. The van der Waals surface area contributed by atoms with E-state index in [0.717, 1.165) is 31.0 Å². The minimum atomic E-state index is -3.11. The topological polar surface area (TPSA) is 70.6 Å². The molecule has 0 saturated heterocycles. The van der Waals surface area contributed by atoms with Gasteiger partial charge in [-0.1, -0.05) is 60.7 Å². The molecule has 0 atom stereocenters. The van der Waals surface area contributed by atoms with Gasteiger partial charge in [0.15, 0.2) is 15.8 Å². The maximum absolute atomic E-state index is 12.2. The van der Waals surface area contributed by atoms with Gasteiger partial charge in [0, 0.05) is 19.6 Å². The van der Waals surface area contributed by atoms with E-state index < -0.39 is 9.84 Å². The quantitative estimate of drug-likeness (QED) is 0.374. The number of aliphatic imine (C=N–C) groups is 1. The Labute approximate surface area is 162 Å². The van der Waals surface area contributed by atoms with E-state index in [2.05, 4.69) is 27.8 Å². The maximum atomic E-state index is 12.2. The Kier molecular flexibility index (Phi) is 8.84. The van der Waals surface area contributed by atoms with E-state index in [1.54, 1.807) is 0 Å². The highest BCUT2D eigenvalue weighted by Gasteiger charge is 2.11. The highest BCUT2D eigenvalue weighted by atomic mass is 32.2. The summed E-state index contributed by atoms with van der Waals surface area (Å²) >= 11 is 0. The van der Waals surface area contributed by atoms with Crippen LogP contribution in [0.4, 0.5) is 0 Å². The van der Waals surface area contributed by atoms with Crippen LogP contribution in [0, 0.1) is 0 Å². The summed E-state index contributed by atoms with van der Waals surface area (Å²) in [6.07, 6.45) is 1.43. The highest BCUT2D eigenvalue weighted by molar-refractivity contribution is 7.90. The highest BCUT2D eigenvalue weighted by Crippen LogP contribution is 2.07. The molecule has 2 aromatic rings. The number of benzene rings is 2. The fourth-order valence-electron chi connectivity index (χ4n) is 2.69. The minimum Gasteiger partial charge on any atom is -0.357 e. The first-order valence-corrected chi connectivity index (χ1v) is 11.2. The molecule has 146 valence electrons. The normalized spacial score (nSPS) is 12.0. The fraction of sp³-hybridized carbons (Fsp3) is 0.381. The molecule has 0 aromatic heterocycles. The van der Waals surface area contributed by atoms with Crippen molar-refractivity contribution in [1.82, 2.24) is 10.6 Å². The Morgan fingerprint density at radius 2 is 1.56 bits per heavy atom. The number of sulfone groups is 1. The van der Waals surface area contributed by atoms with Crippen molar-refractivity contribution in [2.24, 2.45) is 4.99 Å². The summed E-state index contributed by atoms with van der Waals surface area (Å²) in [6, 6.07) is 19.6. The molecule has 27 heavy (non-hydrogen) atoms. The first-order valence-electron chi connectivity index (χ1n) is 9.39. The molecule has 6 heteroatoms. The summed E-state index contributed by atoms with van der Waals surface area (Å²) in [5, 5.41) is 6.49. The molecule has 0 amide bonds. The third kappa shape index (κ3) is 8.73. The second-order valence-corrected chi connectivity index (χ2v) is 8.54. The van der Waals surface area contributed by atoms with Crippen LogP contribution in [0.25, 0.3) is 0 Å². The zero-order valence-corrected chi connectivity index (χ0v) is 16.7. The van der Waals surface area contributed by atoms with Gasteiger partial charge in [0.05, 0.1) is 11.5 Å². The number of hydrogen-bond donors (Lipinski definition) is 2. The average Bonchev–Trinajstić information content (AvgIpc) is 2.66. The van der Waals surface area contributed by atoms with E-state index in [1.165, 1.54) is 5.56 Å². The van der Waals surface area contributed by atoms with Crippen LogP contribution in [0.3, 0.4) is 0 Å². The van der Waals surface area contributed by atoms with Crippen LogP contribution in [0.2, 0.25) is 0 Å². The lowest BCUT2D eigenvalue weighted by molar-refractivity contribution is 0.592. The van der Waals surface area contributed by atoms with Gasteiger partial charge in [-0.3, -0.25) is 4.99 Å². The molecule has 0 bridgehead atoms. The Morgan fingerprint density at radius 3 is 2.19 bits per heavy atom. The Morgan fingerprint density at radius 1 is 0.926 bits per heavy atom. The fourth-order valence-corrected chi connectivity index (χ4v) is 4.10. The second kappa shape index (κ2) is 11.4. The van der Waals surface area contributed by atoms with E-state index in [-0.39, 0.29) is 11.5 Å². The molecule has 2 aromatic carbocycles. The lowest BCUT2D eigenvalue weighted by Crippen LogP contribution is -2.38. The summed E-state index contributed by atoms with van der Waals surface area (Å²) in [5.74, 6) is 0.968. The zero-order chi connectivity index (χ0) is 19.4. The molecule has 5 nitrogen and oxygen atoms in total. The van der Waals surface area contributed by atoms with Crippen molar-refractivity contribution < 1.29 is 8.42 Å². The molecule has 0 saturated carbocycles. The van der Waals surface area contributed by atoms with Crippen molar-refractivity contribution in [3.63, 3.8) is 0 Å². The van der Waals surface area contributed by atoms with Crippen molar-refractivity contribution in [2.45, 2.75) is 25.5 Å². The molecule has 2 N–H and O–H groups in total. The number of rotatable bonds is 10. The largest absolute Gasteiger partial charge is 0.357 e. The molecule has 0 heterocycles. The average molecular weight is 388 g/mol. The van der Waals surface area contributed by atoms with Crippen molar-refractivity contribution in [1.29, 1.82) is 0 Å². The van der Waals surface area contributed by atoms with Gasteiger partial charge in [0.2, 0.25) is 0 Å². The molecule has 0 aliphatic rings. The second-order valence-electron chi connectivity index (χ2n) is 6.35. The zero-order valence-electron chi connectivity index (χ0n) is 15.9. The molecule has 0 aliphatic heterocycles. The van der Waals surface area contributed by atoms with Crippen molar-refractivity contribution in [3.8, 4) is 0 Å². The molecule has 0 radical (unpaired) electrons. The van der Waals surface area contributed by atoms with Gasteiger partial charge < -0.3 is 10.6 Å². The summed E-state index contributed by atoms with van der Waals surface area (Å²) in [5.41, 5.74) is 2.10. The van der Waals surface area contributed by atoms with Crippen LogP contribution in [-0.4, -0.2) is 39.8 Å². The maximum Gasteiger partial charge on any atom is 0.191 e. The molecular weight excluding hydrogens is 358 g/mol. The van der Waals surface area contributed by atoms with Gasteiger partial charge >= 0.3 is 0 Å². The molecule has 2 rings (SSSR count). The van der Waals surface area contributed by atoms with E-state index in [0.29, 0.717) is 13.0 Å². The van der Waals surface area contributed by atoms with Crippen molar-refractivity contribution in [2.75, 3.05) is 25.4 Å². The first-order chi connectivity index (χ1) is 13.1. The summed E-state index contributed by atoms with van der Waals surface area (Å²) < 4.78 is 24.4. The summed E-state index contributed by atoms with van der Waals surface area (Å²) in [6.45, 7) is 4.04. The molecule has 0 fully saturated rings. The van der Waals surface area contributed by atoms with Gasteiger partial charge in [-0.15, -0.1) is 0 Å². The van der Waals surface area contributed by atoms with Gasteiger partial charge in [-0.25, -0.2) is 8.42 Å². The summed E-state index contributed by atoms with van der Waals surface area (Å²) in [7, 11) is -3.11. The standard InChI is InChI=1S/C21H29N3O2S/c1-2-22-21(24-16-14-19-10-5-3-6-11-19)23-15-9-17-27(25,26)18-20-12-7-4-8-13-20/h3-8,10-13H,2,9,14-18H2,1H3,(H2,22,23,24). The van der Waals surface area contributed by atoms with E-state index in [9.17, 15) is 8.42 Å². The van der Waals surface area contributed by atoms with E-state index >= 15 is 0 Å². The number of hydrogen-bond acceptors (Lipinski definition) is 3. The number of guanidine groups is 1. The van der Waals surface area contributed by atoms with Gasteiger partial charge in [0.25, 0.3) is 0 Å². The SMILES string of the molecule is CCNC(=NCCCS(=O)(=O)Cc1ccccc1)NCCc1ccccc1. The van der Waals surface area contributed by atoms with Gasteiger partial charge in [-0.05, 0) is 30.9 Å². The summed E-state index contributed by atoms with van der Waals surface area (Å²) in [4.78, 5) is 4.48. The molecule has 0 spiro atoms. The van der Waals surface area contributed by atoms with Crippen LogP contribution in [0.5, 0.6) is 0 Å². The Balaban J connectivity index is 1.75. The molecule has 0 aliphatic carbocycles. The lowest BCUT2D eigenvalue weighted by atomic mass is 10.1. The molecular formula is C21H29N3O2S. The number of nitrogens with zero attached hydrogens (tertiary/aromatic N) is 1. The van der Waals surface area contributed by atoms with Crippen molar-refractivity contribution in [3.05, 3.63) is 71.8 Å². The lowest BCUT2D eigenvalue weighted by Gasteiger charge is -2.11. The van der Waals surface area contributed by atoms with Gasteiger partial charge in [-0.2, -0.15) is 0 Å². The number of nitrogens with one attached hydrogen (secondary N) is 2. The smallest absolute Gasteiger partial charge is 0.191 e. The monoisotopic (exact) mass is 387 g/mol. The van der Waals surface area contributed by atoms with Crippen LogP contribution in [0.1, 0.15) is 24.5 Å². The first kappa shape index (κ1) is 21.0. The minimum absolute atomic E-state index is 0.0902. The van der Waals surface area contributed by atoms with Crippen molar-refractivity contribution >= 4 is 15.8 Å². The predicted molar refractivity (Wildman–Crippen MR) is 113 cm³/mol. The van der Waals surface area contributed by atoms with Crippen LogP contribution < -0.4 is 10.6 Å².